The topological polar surface area (TPSA) is 59.6 Å². The zero-order chi connectivity index (χ0) is 14.2. The minimum atomic E-state index is -0.0917. The quantitative estimate of drug-likeness (QED) is 0.739. The fraction of sp³-hybridized carbons (Fsp3) is 0.533. The minimum Gasteiger partial charge on any atom is -0.382 e. The maximum absolute atomic E-state index is 11.7. The van der Waals surface area contributed by atoms with Crippen LogP contribution >= 0.6 is 12.4 Å². The molecule has 1 aromatic rings. The van der Waals surface area contributed by atoms with Crippen molar-refractivity contribution in [3.8, 4) is 0 Å². The Kier molecular flexibility index (Phi) is 8.30. The van der Waals surface area contributed by atoms with Crippen LogP contribution in [0.3, 0.4) is 0 Å². The van der Waals surface area contributed by atoms with Crippen LogP contribution in [0.2, 0.25) is 0 Å². The van der Waals surface area contributed by atoms with Crippen molar-refractivity contribution in [2.45, 2.75) is 12.5 Å². The van der Waals surface area contributed by atoms with Crippen molar-refractivity contribution in [3.63, 3.8) is 0 Å². The van der Waals surface area contributed by atoms with Crippen molar-refractivity contribution < 1.29 is 14.3 Å². The molecule has 1 heterocycles. The molecular weight excluding hydrogens is 292 g/mol. The highest BCUT2D eigenvalue weighted by atomic mass is 35.5. The van der Waals surface area contributed by atoms with Crippen LogP contribution in [0.15, 0.2) is 24.3 Å². The summed E-state index contributed by atoms with van der Waals surface area (Å²) in [6.07, 6.45) is 1.04. The highest BCUT2D eigenvalue weighted by Gasteiger charge is 2.19. The van der Waals surface area contributed by atoms with Crippen LogP contribution < -0.4 is 10.6 Å². The lowest BCUT2D eigenvalue weighted by atomic mass is 9.94. The molecule has 0 aromatic heterocycles. The van der Waals surface area contributed by atoms with Gasteiger partial charge in [-0.2, -0.15) is 0 Å². The summed E-state index contributed by atoms with van der Waals surface area (Å²) >= 11 is 0. The summed E-state index contributed by atoms with van der Waals surface area (Å²) in [5, 5.41) is 6.33. The Morgan fingerprint density at radius 3 is 3.00 bits per heavy atom. The Labute approximate surface area is 131 Å². The molecule has 0 spiro atoms. The average molecular weight is 315 g/mol. The summed E-state index contributed by atoms with van der Waals surface area (Å²) in [4.78, 5) is 11.7. The largest absolute Gasteiger partial charge is 0.382 e. The summed E-state index contributed by atoms with van der Waals surface area (Å²) < 4.78 is 10.0. The molecule has 0 radical (unpaired) electrons. The molecule has 0 saturated heterocycles. The molecule has 1 amide bonds. The van der Waals surface area contributed by atoms with Crippen molar-refractivity contribution in [1.82, 2.24) is 10.6 Å². The Balaban J connectivity index is 0.00000220. The SMILES string of the molecule is COCCOCC(=O)NCC1NCCc2ccccc21.Cl. The van der Waals surface area contributed by atoms with Crippen LogP contribution in [0.1, 0.15) is 17.2 Å². The first kappa shape index (κ1) is 17.9. The molecule has 0 bridgehead atoms. The number of hydrogen-bond donors (Lipinski definition) is 2. The van der Waals surface area contributed by atoms with Gasteiger partial charge in [-0.3, -0.25) is 4.79 Å². The number of halogens is 1. The highest BCUT2D eigenvalue weighted by Crippen LogP contribution is 2.21. The van der Waals surface area contributed by atoms with E-state index in [0.717, 1.165) is 13.0 Å². The fourth-order valence-electron chi connectivity index (χ4n) is 2.35. The molecule has 1 atom stereocenters. The lowest BCUT2D eigenvalue weighted by molar-refractivity contribution is -0.126. The second kappa shape index (κ2) is 9.73. The van der Waals surface area contributed by atoms with Gasteiger partial charge < -0.3 is 20.1 Å². The fourth-order valence-corrected chi connectivity index (χ4v) is 2.35. The third kappa shape index (κ3) is 5.63. The molecule has 5 nitrogen and oxygen atoms in total. The number of nitrogens with one attached hydrogen (secondary N) is 2. The van der Waals surface area contributed by atoms with Crippen LogP contribution in [0.5, 0.6) is 0 Å². The van der Waals surface area contributed by atoms with Crippen LogP contribution in [0, 0.1) is 0 Å². The maximum Gasteiger partial charge on any atom is 0.246 e. The Morgan fingerprint density at radius 2 is 2.19 bits per heavy atom. The first-order chi connectivity index (χ1) is 9.81. The van der Waals surface area contributed by atoms with Gasteiger partial charge in [0, 0.05) is 19.7 Å². The van der Waals surface area contributed by atoms with Crippen molar-refractivity contribution >= 4 is 18.3 Å². The Bertz CT molecular complexity index is 443. The first-order valence-electron chi connectivity index (χ1n) is 6.96. The van der Waals surface area contributed by atoms with E-state index in [4.69, 9.17) is 9.47 Å². The third-order valence-electron chi connectivity index (χ3n) is 3.38. The van der Waals surface area contributed by atoms with E-state index in [1.54, 1.807) is 7.11 Å². The molecular formula is C15H23ClN2O3. The van der Waals surface area contributed by atoms with Gasteiger partial charge in [0.05, 0.1) is 13.2 Å². The van der Waals surface area contributed by atoms with E-state index in [1.165, 1.54) is 11.1 Å². The van der Waals surface area contributed by atoms with E-state index in [2.05, 4.69) is 28.8 Å². The van der Waals surface area contributed by atoms with E-state index in [-0.39, 0.29) is 31.0 Å². The summed E-state index contributed by atoms with van der Waals surface area (Å²) in [5.41, 5.74) is 2.64. The number of ether oxygens (including phenoxy) is 2. The number of fused-ring (bicyclic) bond motifs is 1. The van der Waals surface area contributed by atoms with Crippen LogP contribution in [0.25, 0.3) is 0 Å². The molecule has 118 valence electrons. The van der Waals surface area contributed by atoms with E-state index in [1.807, 2.05) is 6.07 Å². The number of rotatable bonds is 7. The monoisotopic (exact) mass is 314 g/mol. The zero-order valence-corrected chi connectivity index (χ0v) is 13.1. The molecule has 1 unspecified atom stereocenters. The van der Waals surface area contributed by atoms with E-state index in [9.17, 15) is 4.79 Å². The van der Waals surface area contributed by atoms with Crippen LogP contribution in [-0.4, -0.2) is 45.9 Å². The lowest BCUT2D eigenvalue weighted by Gasteiger charge is -2.27. The van der Waals surface area contributed by atoms with Crippen LogP contribution in [0.4, 0.5) is 0 Å². The normalized spacial score (nSPS) is 16.7. The van der Waals surface area contributed by atoms with Gasteiger partial charge in [-0.1, -0.05) is 24.3 Å². The Morgan fingerprint density at radius 1 is 1.38 bits per heavy atom. The summed E-state index contributed by atoms with van der Waals surface area (Å²) in [6.45, 7) is 2.56. The van der Waals surface area contributed by atoms with Gasteiger partial charge in [0.25, 0.3) is 0 Å². The van der Waals surface area contributed by atoms with E-state index >= 15 is 0 Å². The molecule has 0 fully saturated rings. The second-order valence-electron chi connectivity index (χ2n) is 4.80. The standard InChI is InChI=1S/C15H22N2O3.ClH/c1-19-8-9-20-11-15(18)17-10-14-13-5-3-2-4-12(13)6-7-16-14;/h2-5,14,16H,6-11H2,1H3,(H,17,18);1H. The predicted molar refractivity (Wildman–Crippen MR) is 83.8 cm³/mol. The smallest absolute Gasteiger partial charge is 0.246 e. The molecule has 6 heteroatoms. The van der Waals surface area contributed by atoms with Gasteiger partial charge in [0.2, 0.25) is 5.91 Å². The van der Waals surface area contributed by atoms with E-state index in [0.29, 0.717) is 19.8 Å². The van der Waals surface area contributed by atoms with Gasteiger partial charge >= 0.3 is 0 Å². The summed E-state index contributed by atoms with van der Waals surface area (Å²) in [6, 6.07) is 8.55. The molecule has 1 aromatic carbocycles. The van der Waals surface area contributed by atoms with Crippen LogP contribution in [-0.2, 0) is 20.7 Å². The number of benzene rings is 1. The number of hydrogen-bond acceptors (Lipinski definition) is 4. The lowest BCUT2D eigenvalue weighted by Crippen LogP contribution is -2.40. The highest BCUT2D eigenvalue weighted by molar-refractivity contribution is 5.85. The second-order valence-corrected chi connectivity index (χ2v) is 4.80. The molecule has 21 heavy (non-hydrogen) atoms. The minimum absolute atomic E-state index is 0. The summed E-state index contributed by atoms with van der Waals surface area (Å²) in [7, 11) is 1.61. The third-order valence-corrected chi connectivity index (χ3v) is 3.38. The van der Waals surface area contributed by atoms with Crippen molar-refractivity contribution in [2.75, 3.05) is 40.0 Å². The Hall–Kier alpha value is -1.14. The van der Waals surface area contributed by atoms with E-state index < -0.39 is 0 Å². The van der Waals surface area contributed by atoms with Crippen molar-refractivity contribution in [3.05, 3.63) is 35.4 Å². The first-order valence-corrected chi connectivity index (χ1v) is 6.96. The van der Waals surface area contributed by atoms with Gasteiger partial charge in [-0.15, -0.1) is 12.4 Å². The van der Waals surface area contributed by atoms with Crippen molar-refractivity contribution in [2.24, 2.45) is 0 Å². The average Bonchev–Trinajstić information content (AvgIpc) is 2.49. The maximum atomic E-state index is 11.7. The number of carbonyl (C=O) groups is 1. The zero-order valence-electron chi connectivity index (χ0n) is 12.3. The molecule has 1 aliphatic rings. The summed E-state index contributed by atoms with van der Waals surface area (Å²) in [5.74, 6) is -0.0917. The molecule has 2 N–H and O–H groups in total. The van der Waals surface area contributed by atoms with Gasteiger partial charge in [-0.25, -0.2) is 0 Å². The number of methoxy groups -OCH3 is 1. The molecule has 2 rings (SSSR count). The van der Waals surface area contributed by atoms with Gasteiger partial charge in [0.15, 0.2) is 0 Å². The van der Waals surface area contributed by atoms with Gasteiger partial charge in [0.1, 0.15) is 6.61 Å². The number of carbonyl (C=O) groups excluding carboxylic acids is 1. The number of amides is 1. The van der Waals surface area contributed by atoms with Gasteiger partial charge in [-0.05, 0) is 24.1 Å². The predicted octanol–water partition coefficient (Wildman–Crippen LogP) is 1.07. The molecule has 0 saturated carbocycles. The molecule has 1 aliphatic heterocycles. The molecule has 0 aliphatic carbocycles. The van der Waals surface area contributed by atoms with Crippen molar-refractivity contribution in [1.29, 1.82) is 0 Å².